The van der Waals surface area contributed by atoms with Crippen molar-refractivity contribution < 1.29 is 14.3 Å². The van der Waals surface area contributed by atoms with E-state index in [9.17, 15) is 4.79 Å². The van der Waals surface area contributed by atoms with Gasteiger partial charge in [-0.25, -0.2) is 0 Å². The average molecular weight is 282 g/mol. The van der Waals surface area contributed by atoms with E-state index in [1.54, 1.807) is 6.07 Å². The summed E-state index contributed by atoms with van der Waals surface area (Å²) in [6.07, 6.45) is 0.352. The fourth-order valence-corrected chi connectivity index (χ4v) is 2.67. The van der Waals surface area contributed by atoms with Gasteiger partial charge in [0.1, 0.15) is 11.9 Å². The van der Waals surface area contributed by atoms with Crippen molar-refractivity contribution in [1.82, 2.24) is 0 Å². The van der Waals surface area contributed by atoms with Crippen molar-refractivity contribution >= 4 is 5.78 Å². The van der Waals surface area contributed by atoms with Crippen LogP contribution in [-0.2, 0) is 11.2 Å². The largest absolute Gasteiger partial charge is 0.494 e. The van der Waals surface area contributed by atoms with E-state index in [4.69, 9.17) is 9.47 Å². The summed E-state index contributed by atoms with van der Waals surface area (Å²) in [5.41, 5.74) is 2.81. The number of fused-ring (bicyclic) bond motifs is 1. The number of ether oxygens (including phenoxy) is 2. The lowest BCUT2D eigenvalue weighted by Gasteiger charge is -2.25. The highest BCUT2D eigenvalue weighted by Crippen LogP contribution is 2.30. The van der Waals surface area contributed by atoms with Crippen LogP contribution in [0.2, 0.25) is 0 Å². The van der Waals surface area contributed by atoms with Gasteiger partial charge in [0.05, 0.1) is 13.2 Å². The Kier molecular flexibility index (Phi) is 4.02. The highest BCUT2D eigenvalue weighted by molar-refractivity contribution is 6.00. The molecule has 0 amide bonds. The van der Waals surface area contributed by atoms with Crippen LogP contribution in [0, 0.1) is 0 Å². The Morgan fingerprint density at radius 1 is 1.24 bits per heavy atom. The quantitative estimate of drug-likeness (QED) is 0.804. The molecule has 0 fully saturated rings. The van der Waals surface area contributed by atoms with Crippen molar-refractivity contribution in [3.63, 3.8) is 0 Å². The summed E-state index contributed by atoms with van der Waals surface area (Å²) in [4.78, 5) is 12.7. The first kappa shape index (κ1) is 13.8. The third-order valence-corrected chi connectivity index (χ3v) is 3.66. The minimum atomic E-state index is -0.508. The van der Waals surface area contributed by atoms with Gasteiger partial charge in [0.15, 0.2) is 5.78 Å². The van der Waals surface area contributed by atoms with Gasteiger partial charge in [-0.3, -0.25) is 4.79 Å². The molecule has 0 N–H and O–H groups in total. The molecule has 0 spiro atoms. The number of rotatable bonds is 4. The third-order valence-electron chi connectivity index (χ3n) is 3.66. The molecule has 1 unspecified atom stereocenters. The molecule has 108 valence electrons. The Bertz CT molecular complexity index is 648. The molecule has 1 aliphatic heterocycles. The first-order valence-electron chi connectivity index (χ1n) is 7.26. The molecule has 0 aromatic heterocycles. The molecule has 0 bridgehead atoms. The summed E-state index contributed by atoms with van der Waals surface area (Å²) in [6.45, 7) is 3.09. The van der Waals surface area contributed by atoms with E-state index < -0.39 is 6.10 Å². The summed E-state index contributed by atoms with van der Waals surface area (Å²) in [5.74, 6) is 0.705. The van der Waals surface area contributed by atoms with Crippen LogP contribution >= 0.6 is 0 Å². The fraction of sp³-hybridized carbons (Fsp3) is 0.278. The van der Waals surface area contributed by atoms with Gasteiger partial charge < -0.3 is 9.47 Å². The van der Waals surface area contributed by atoms with Crippen LogP contribution in [-0.4, -0.2) is 19.0 Å². The number of carbonyl (C=O) groups is 1. The maximum absolute atomic E-state index is 12.7. The van der Waals surface area contributed by atoms with Crippen molar-refractivity contribution in [3.05, 3.63) is 65.2 Å². The predicted octanol–water partition coefficient (Wildman–Crippen LogP) is 3.58. The molecular weight excluding hydrogens is 264 g/mol. The van der Waals surface area contributed by atoms with Crippen LogP contribution in [0.15, 0.2) is 48.5 Å². The number of hydrogen-bond donors (Lipinski definition) is 0. The van der Waals surface area contributed by atoms with Gasteiger partial charge in [-0.15, -0.1) is 0 Å². The van der Waals surface area contributed by atoms with E-state index in [1.165, 1.54) is 5.56 Å². The molecule has 21 heavy (non-hydrogen) atoms. The number of benzene rings is 2. The second kappa shape index (κ2) is 6.10. The van der Waals surface area contributed by atoms with Gasteiger partial charge in [-0.05, 0) is 36.6 Å². The normalized spacial score (nSPS) is 17.1. The van der Waals surface area contributed by atoms with E-state index in [0.29, 0.717) is 24.5 Å². The lowest BCUT2D eigenvalue weighted by molar-refractivity contribution is 0.0349. The van der Waals surface area contributed by atoms with E-state index >= 15 is 0 Å². The Balaban J connectivity index is 1.91. The van der Waals surface area contributed by atoms with Crippen molar-refractivity contribution in [2.24, 2.45) is 0 Å². The standard InChI is InChI=1S/C18H18O3/c1-2-20-15-8-5-7-14(12-15)17(19)18-16-9-4-3-6-13(16)10-11-21-18/h3-9,12,18H,2,10-11H2,1H3. The molecule has 3 heteroatoms. The van der Waals surface area contributed by atoms with Crippen LogP contribution in [0.25, 0.3) is 0 Å². The number of Topliss-reactive ketones (excluding diaryl/α,β-unsaturated/α-hetero) is 1. The molecule has 0 saturated heterocycles. The summed E-state index contributed by atoms with van der Waals surface area (Å²) < 4.78 is 11.2. The minimum Gasteiger partial charge on any atom is -0.494 e. The number of hydrogen-bond acceptors (Lipinski definition) is 3. The van der Waals surface area contributed by atoms with Gasteiger partial charge >= 0.3 is 0 Å². The lowest BCUT2D eigenvalue weighted by atomic mass is 9.92. The zero-order valence-electron chi connectivity index (χ0n) is 12.0. The Hall–Kier alpha value is -2.13. The lowest BCUT2D eigenvalue weighted by Crippen LogP contribution is -2.23. The molecule has 1 heterocycles. The molecule has 3 nitrogen and oxygen atoms in total. The predicted molar refractivity (Wildman–Crippen MR) is 80.8 cm³/mol. The van der Waals surface area contributed by atoms with Gasteiger partial charge in [-0.2, -0.15) is 0 Å². The van der Waals surface area contributed by atoms with Crippen LogP contribution in [0.4, 0.5) is 0 Å². The highest BCUT2D eigenvalue weighted by Gasteiger charge is 2.28. The van der Waals surface area contributed by atoms with Crippen molar-refractivity contribution in [1.29, 1.82) is 0 Å². The summed E-state index contributed by atoms with van der Waals surface area (Å²) in [6, 6.07) is 15.3. The summed E-state index contributed by atoms with van der Waals surface area (Å²) >= 11 is 0. The number of carbonyl (C=O) groups excluding carboxylic acids is 1. The Morgan fingerprint density at radius 2 is 2.10 bits per heavy atom. The van der Waals surface area contributed by atoms with Crippen LogP contribution in [0.3, 0.4) is 0 Å². The minimum absolute atomic E-state index is 0.0105. The molecule has 0 radical (unpaired) electrons. The molecule has 3 rings (SSSR count). The molecule has 2 aromatic rings. The first-order valence-corrected chi connectivity index (χ1v) is 7.26. The van der Waals surface area contributed by atoms with Crippen molar-refractivity contribution in [2.45, 2.75) is 19.4 Å². The second-order valence-corrected chi connectivity index (χ2v) is 5.02. The van der Waals surface area contributed by atoms with Gasteiger partial charge in [-0.1, -0.05) is 36.4 Å². The van der Waals surface area contributed by atoms with E-state index in [-0.39, 0.29) is 5.78 Å². The smallest absolute Gasteiger partial charge is 0.196 e. The van der Waals surface area contributed by atoms with Crippen molar-refractivity contribution in [2.75, 3.05) is 13.2 Å². The zero-order chi connectivity index (χ0) is 14.7. The van der Waals surface area contributed by atoms with E-state index in [0.717, 1.165) is 12.0 Å². The maximum Gasteiger partial charge on any atom is 0.196 e. The molecule has 1 aliphatic rings. The highest BCUT2D eigenvalue weighted by atomic mass is 16.5. The zero-order valence-corrected chi connectivity index (χ0v) is 12.0. The SMILES string of the molecule is CCOc1cccc(C(=O)C2OCCc3ccccc32)c1. The topological polar surface area (TPSA) is 35.5 Å². The van der Waals surface area contributed by atoms with Gasteiger partial charge in [0.25, 0.3) is 0 Å². The van der Waals surface area contributed by atoms with Gasteiger partial charge in [0, 0.05) is 5.56 Å². The van der Waals surface area contributed by atoms with Gasteiger partial charge in [0.2, 0.25) is 0 Å². The molecule has 0 aliphatic carbocycles. The maximum atomic E-state index is 12.7. The van der Waals surface area contributed by atoms with Crippen LogP contribution < -0.4 is 4.74 Å². The number of ketones is 1. The first-order chi connectivity index (χ1) is 10.3. The summed E-state index contributed by atoms with van der Waals surface area (Å²) in [7, 11) is 0. The second-order valence-electron chi connectivity index (χ2n) is 5.02. The third kappa shape index (κ3) is 2.83. The monoisotopic (exact) mass is 282 g/mol. The van der Waals surface area contributed by atoms with E-state index in [1.807, 2.05) is 43.3 Å². The molecule has 0 saturated carbocycles. The van der Waals surface area contributed by atoms with E-state index in [2.05, 4.69) is 6.07 Å². The molecule has 1 atom stereocenters. The van der Waals surface area contributed by atoms with Crippen LogP contribution in [0.5, 0.6) is 5.75 Å². The molecular formula is C18H18O3. The summed E-state index contributed by atoms with van der Waals surface area (Å²) in [5, 5.41) is 0. The fourth-order valence-electron chi connectivity index (χ4n) is 2.67. The van der Waals surface area contributed by atoms with Crippen LogP contribution in [0.1, 0.15) is 34.5 Å². The average Bonchev–Trinajstić information content (AvgIpc) is 2.54. The Labute approximate surface area is 124 Å². The Morgan fingerprint density at radius 3 is 2.95 bits per heavy atom. The molecule has 2 aromatic carbocycles. The van der Waals surface area contributed by atoms with Crippen molar-refractivity contribution in [3.8, 4) is 5.75 Å².